The van der Waals surface area contributed by atoms with Gasteiger partial charge in [-0.2, -0.15) is 0 Å². The van der Waals surface area contributed by atoms with Crippen molar-refractivity contribution in [1.82, 2.24) is 0 Å². The van der Waals surface area contributed by atoms with E-state index in [1.807, 2.05) is 6.08 Å². The average Bonchev–Trinajstić information content (AvgIpc) is 2.39. The third kappa shape index (κ3) is 1.35. The van der Waals surface area contributed by atoms with Crippen molar-refractivity contribution in [2.24, 2.45) is 0 Å². The van der Waals surface area contributed by atoms with Gasteiger partial charge in [0.2, 0.25) is 0 Å². The van der Waals surface area contributed by atoms with Gasteiger partial charge in [0.1, 0.15) is 12.2 Å². The third-order valence-corrected chi connectivity index (χ3v) is 1.86. The molecule has 0 amide bonds. The van der Waals surface area contributed by atoms with Crippen LogP contribution in [0, 0.1) is 0 Å². The van der Waals surface area contributed by atoms with E-state index in [1.54, 1.807) is 6.08 Å². The Kier molecular flexibility index (Phi) is 1.86. The van der Waals surface area contributed by atoms with Gasteiger partial charge in [-0.3, -0.25) is 4.79 Å². The van der Waals surface area contributed by atoms with Gasteiger partial charge >= 0.3 is 5.97 Å². The molecule has 1 fully saturated rings. The number of rotatable bonds is 1. The lowest BCUT2D eigenvalue weighted by Crippen LogP contribution is -2.33. The Hall–Kier alpha value is -0.870. The fourth-order valence-electron chi connectivity index (χ4n) is 1.34. The Morgan fingerprint density at radius 1 is 1.58 bits per heavy atom. The van der Waals surface area contributed by atoms with Crippen LogP contribution >= 0.6 is 0 Å². The predicted molar refractivity (Wildman–Crippen MR) is 39.3 cm³/mol. The molecule has 0 aromatic carbocycles. The first-order valence-electron chi connectivity index (χ1n) is 3.88. The molecule has 0 aromatic heterocycles. The third-order valence-electron chi connectivity index (χ3n) is 1.86. The maximum absolute atomic E-state index is 10.6. The number of ether oxygens (including phenoxy) is 3. The Balaban J connectivity index is 2.02. The molecule has 0 N–H and O–H groups in total. The number of fused-ring (bicyclic) bond motifs is 2. The van der Waals surface area contributed by atoms with Gasteiger partial charge in [0.15, 0.2) is 6.29 Å². The molecule has 0 aromatic rings. The monoisotopic (exact) mass is 170 g/mol. The number of hydrogen-bond acceptors (Lipinski definition) is 4. The molecule has 0 saturated carbocycles. The van der Waals surface area contributed by atoms with E-state index in [4.69, 9.17) is 14.2 Å². The van der Waals surface area contributed by atoms with Crippen molar-refractivity contribution in [3.63, 3.8) is 0 Å². The van der Waals surface area contributed by atoms with Crippen molar-refractivity contribution in [3.05, 3.63) is 12.2 Å². The maximum atomic E-state index is 10.6. The number of esters is 1. The molecule has 2 aliphatic heterocycles. The van der Waals surface area contributed by atoms with Crippen LogP contribution in [0.5, 0.6) is 0 Å². The largest absolute Gasteiger partial charge is 0.455 e. The highest BCUT2D eigenvalue weighted by Crippen LogP contribution is 2.23. The normalized spacial score (nSPS) is 38.2. The van der Waals surface area contributed by atoms with E-state index in [2.05, 4.69) is 0 Å². The minimum Gasteiger partial charge on any atom is -0.455 e. The van der Waals surface area contributed by atoms with E-state index in [1.165, 1.54) is 6.92 Å². The van der Waals surface area contributed by atoms with Crippen LogP contribution < -0.4 is 0 Å². The number of hydrogen-bond donors (Lipinski definition) is 0. The van der Waals surface area contributed by atoms with Crippen LogP contribution in [-0.2, 0) is 19.0 Å². The van der Waals surface area contributed by atoms with Crippen molar-refractivity contribution in [2.75, 3.05) is 6.61 Å². The minimum atomic E-state index is -0.293. The number of carbonyl (C=O) groups is 1. The summed E-state index contributed by atoms with van der Waals surface area (Å²) < 4.78 is 15.5. The second-order valence-electron chi connectivity index (χ2n) is 2.84. The smallest absolute Gasteiger partial charge is 0.303 e. The first-order valence-corrected chi connectivity index (χ1v) is 3.88. The SMILES string of the molecule is CC(=O)O[C@@H]1C=C[C@@H]2OC[C@H]1O2. The van der Waals surface area contributed by atoms with E-state index in [-0.39, 0.29) is 24.5 Å². The van der Waals surface area contributed by atoms with Crippen LogP contribution in [0.3, 0.4) is 0 Å². The second-order valence-corrected chi connectivity index (χ2v) is 2.84. The van der Waals surface area contributed by atoms with Crippen molar-refractivity contribution in [1.29, 1.82) is 0 Å². The summed E-state index contributed by atoms with van der Waals surface area (Å²) in [5, 5.41) is 0. The van der Waals surface area contributed by atoms with Crippen molar-refractivity contribution in [2.45, 2.75) is 25.4 Å². The molecular weight excluding hydrogens is 160 g/mol. The zero-order chi connectivity index (χ0) is 8.55. The summed E-state index contributed by atoms with van der Waals surface area (Å²) in [4.78, 5) is 10.6. The quantitative estimate of drug-likeness (QED) is 0.417. The van der Waals surface area contributed by atoms with E-state index >= 15 is 0 Å². The maximum Gasteiger partial charge on any atom is 0.303 e. The zero-order valence-electron chi connectivity index (χ0n) is 6.73. The topological polar surface area (TPSA) is 44.8 Å². The highest BCUT2D eigenvalue weighted by atomic mass is 16.7. The molecule has 0 aliphatic carbocycles. The molecule has 1 saturated heterocycles. The lowest BCUT2D eigenvalue weighted by molar-refractivity contribution is -0.151. The molecule has 2 aliphatic rings. The summed E-state index contributed by atoms with van der Waals surface area (Å²) in [5.41, 5.74) is 0. The van der Waals surface area contributed by atoms with Gasteiger partial charge in [0, 0.05) is 6.92 Å². The molecule has 2 heterocycles. The summed E-state index contributed by atoms with van der Waals surface area (Å²) in [7, 11) is 0. The van der Waals surface area contributed by atoms with Gasteiger partial charge in [0.25, 0.3) is 0 Å². The zero-order valence-corrected chi connectivity index (χ0v) is 6.73. The summed E-state index contributed by atoms with van der Waals surface area (Å²) in [6, 6.07) is 0. The van der Waals surface area contributed by atoms with E-state index in [9.17, 15) is 4.79 Å². The van der Waals surface area contributed by atoms with E-state index in [0.717, 1.165) is 0 Å². The Morgan fingerprint density at radius 2 is 2.42 bits per heavy atom. The fraction of sp³-hybridized carbons (Fsp3) is 0.625. The van der Waals surface area contributed by atoms with Crippen molar-refractivity contribution in [3.8, 4) is 0 Å². The molecule has 4 nitrogen and oxygen atoms in total. The van der Waals surface area contributed by atoms with Crippen molar-refractivity contribution < 1.29 is 19.0 Å². The molecule has 0 unspecified atom stereocenters. The van der Waals surface area contributed by atoms with Gasteiger partial charge in [-0.25, -0.2) is 0 Å². The lowest BCUT2D eigenvalue weighted by atomic mass is 10.2. The molecule has 3 atom stereocenters. The van der Waals surface area contributed by atoms with Crippen LogP contribution in [0.25, 0.3) is 0 Å². The van der Waals surface area contributed by atoms with Crippen LogP contribution in [0.4, 0.5) is 0 Å². The van der Waals surface area contributed by atoms with Gasteiger partial charge in [-0.05, 0) is 12.2 Å². The van der Waals surface area contributed by atoms with Crippen LogP contribution in [0.1, 0.15) is 6.92 Å². The first kappa shape index (κ1) is 7.76. The van der Waals surface area contributed by atoms with E-state index < -0.39 is 0 Å². The average molecular weight is 170 g/mol. The van der Waals surface area contributed by atoms with Crippen LogP contribution in [0.2, 0.25) is 0 Å². The van der Waals surface area contributed by atoms with Gasteiger partial charge in [-0.15, -0.1) is 0 Å². The second kappa shape index (κ2) is 2.88. The van der Waals surface area contributed by atoms with Gasteiger partial charge in [-0.1, -0.05) is 0 Å². The summed E-state index contributed by atoms with van der Waals surface area (Å²) in [6.07, 6.45) is 2.94. The molecule has 4 heteroatoms. The van der Waals surface area contributed by atoms with Gasteiger partial charge < -0.3 is 14.2 Å². The summed E-state index contributed by atoms with van der Waals surface area (Å²) >= 11 is 0. The van der Waals surface area contributed by atoms with Crippen molar-refractivity contribution >= 4 is 5.97 Å². The Bertz CT molecular complexity index is 223. The molecule has 0 spiro atoms. The number of carbonyl (C=O) groups excluding carboxylic acids is 1. The minimum absolute atomic E-state index is 0.121. The van der Waals surface area contributed by atoms with E-state index in [0.29, 0.717) is 6.61 Å². The Morgan fingerprint density at radius 3 is 3.17 bits per heavy atom. The standard InChI is InChI=1S/C8H10O4/c1-5(9)11-6-2-3-8-10-4-7(6)12-8/h2-3,6-8H,4H2,1H3/t6-,7-,8-/m1/s1. The van der Waals surface area contributed by atoms with Crippen LogP contribution in [-0.4, -0.2) is 31.1 Å². The van der Waals surface area contributed by atoms with Gasteiger partial charge in [0.05, 0.1) is 6.61 Å². The highest BCUT2D eigenvalue weighted by Gasteiger charge is 2.35. The molecule has 0 radical (unpaired) electrons. The first-order chi connectivity index (χ1) is 5.75. The molecule has 66 valence electrons. The molecule has 2 rings (SSSR count). The molecule has 2 bridgehead atoms. The summed E-state index contributed by atoms with van der Waals surface area (Å²) in [5.74, 6) is -0.293. The predicted octanol–water partition coefficient (Wildman–Crippen LogP) is 0.229. The lowest BCUT2D eigenvalue weighted by Gasteiger charge is -2.21. The van der Waals surface area contributed by atoms with Crippen LogP contribution in [0.15, 0.2) is 12.2 Å². The molecule has 12 heavy (non-hydrogen) atoms. The molecular formula is C8H10O4. The fourth-order valence-corrected chi connectivity index (χ4v) is 1.34. The Labute approximate surface area is 70.1 Å². The highest BCUT2D eigenvalue weighted by molar-refractivity contribution is 5.66. The summed E-state index contributed by atoms with van der Waals surface area (Å²) in [6.45, 7) is 1.88.